The minimum absolute atomic E-state index is 0.434. The Morgan fingerprint density at radius 3 is 2.50 bits per heavy atom. The summed E-state index contributed by atoms with van der Waals surface area (Å²) in [5.74, 6) is 1.90. The molecular formula is C14H27NO3. The smallest absolute Gasteiger partial charge is 0.0629 e. The molecule has 2 unspecified atom stereocenters. The molecule has 0 aromatic rings. The number of fused-ring (bicyclic) bond motifs is 2. The van der Waals surface area contributed by atoms with E-state index in [1.54, 1.807) is 0 Å². The number of hydrogen-bond donors (Lipinski definition) is 2. The molecule has 0 saturated heterocycles. The number of rotatable bonds is 7. The second-order valence-electron chi connectivity index (χ2n) is 6.02. The maximum atomic E-state index is 8.61. The Hall–Kier alpha value is -0.160. The van der Waals surface area contributed by atoms with E-state index in [0.29, 0.717) is 24.7 Å². The van der Waals surface area contributed by atoms with Gasteiger partial charge in [0.15, 0.2) is 0 Å². The van der Waals surface area contributed by atoms with Gasteiger partial charge in [-0.2, -0.15) is 0 Å². The van der Waals surface area contributed by atoms with Crippen LogP contribution in [0.2, 0.25) is 0 Å². The zero-order valence-corrected chi connectivity index (χ0v) is 11.6. The van der Waals surface area contributed by atoms with Gasteiger partial charge >= 0.3 is 0 Å². The first-order valence-electron chi connectivity index (χ1n) is 7.26. The van der Waals surface area contributed by atoms with Gasteiger partial charge in [0.1, 0.15) is 0 Å². The molecule has 2 aliphatic carbocycles. The summed E-state index contributed by atoms with van der Waals surface area (Å²) in [5, 5.41) is 8.61. The summed E-state index contributed by atoms with van der Waals surface area (Å²) in [4.78, 5) is 0. The van der Waals surface area contributed by atoms with Crippen LogP contribution in [0, 0.1) is 17.8 Å². The van der Waals surface area contributed by atoms with E-state index in [1.807, 2.05) is 7.11 Å². The van der Waals surface area contributed by atoms with Crippen LogP contribution in [0.3, 0.4) is 0 Å². The minimum atomic E-state index is 0.434. The molecular weight excluding hydrogens is 230 g/mol. The average Bonchev–Trinajstić information content (AvgIpc) is 2.60. The average molecular weight is 257 g/mol. The fourth-order valence-electron chi connectivity index (χ4n) is 3.63. The Morgan fingerprint density at radius 2 is 1.94 bits per heavy atom. The van der Waals surface area contributed by atoms with Crippen LogP contribution in [0.15, 0.2) is 0 Å². The highest BCUT2D eigenvalue weighted by atomic mass is 16.5. The molecule has 2 N–H and O–H groups in total. The summed E-state index contributed by atoms with van der Waals surface area (Å²) in [6.45, 7) is 3.58. The van der Waals surface area contributed by atoms with Gasteiger partial charge in [-0.25, -0.2) is 5.48 Å². The predicted octanol–water partition coefficient (Wildman–Crippen LogP) is 2.21. The van der Waals surface area contributed by atoms with E-state index in [-0.39, 0.29) is 0 Å². The molecule has 0 aromatic heterocycles. The standard InChI is InChI=1S/C14H27NO3/c1-10(9-15-16)5-6-18-13-7-11-3-4-12(8-13)14(11)17-2/h10-16H,3-9H2,1-2H3/t10-,11?,12?,13?,14?/m1/s1. The summed E-state index contributed by atoms with van der Waals surface area (Å²) < 4.78 is 11.6. The van der Waals surface area contributed by atoms with Crippen molar-refractivity contribution in [2.75, 3.05) is 20.3 Å². The molecule has 3 atom stereocenters. The van der Waals surface area contributed by atoms with Crippen molar-refractivity contribution in [1.29, 1.82) is 0 Å². The summed E-state index contributed by atoms with van der Waals surface area (Å²) in [5.41, 5.74) is 2.22. The Labute approximate surface area is 110 Å². The molecule has 0 aliphatic heterocycles. The van der Waals surface area contributed by atoms with Crippen molar-refractivity contribution in [3.8, 4) is 0 Å². The minimum Gasteiger partial charge on any atom is -0.381 e. The second kappa shape index (κ2) is 6.85. The lowest BCUT2D eigenvalue weighted by Crippen LogP contribution is -2.36. The van der Waals surface area contributed by atoms with E-state index in [0.717, 1.165) is 24.9 Å². The Kier molecular flexibility index (Phi) is 5.42. The molecule has 0 spiro atoms. The van der Waals surface area contributed by atoms with Crippen molar-refractivity contribution >= 4 is 0 Å². The zero-order chi connectivity index (χ0) is 13.0. The molecule has 106 valence electrons. The summed E-state index contributed by atoms with van der Waals surface area (Å²) in [6, 6.07) is 0. The first-order valence-corrected chi connectivity index (χ1v) is 7.26. The van der Waals surface area contributed by atoms with Crippen molar-refractivity contribution in [3.63, 3.8) is 0 Å². The zero-order valence-electron chi connectivity index (χ0n) is 11.6. The Balaban J connectivity index is 1.67. The van der Waals surface area contributed by atoms with E-state index < -0.39 is 0 Å². The van der Waals surface area contributed by atoms with Gasteiger partial charge in [0, 0.05) is 20.3 Å². The fraction of sp³-hybridized carbons (Fsp3) is 1.00. The lowest BCUT2D eigenvalue weighted by Gasteiger charge is -2.34. The highest BCUT2D eigenvalue weighted by Gasteiger charge is 2.43. The van der Waals surface area contributed by atoms with Gasteiger partial charge in [-0.15, -0.1) is 0 Å². The summed E-state index contributed by atoms with van der Waals surface area (Å²) in [6.07, 6.45) is 6.89. The molecule has 2 rings (SSSR count). The first-order chi connectivity index (χ1) is 8.74. The van der Waals surface area contributed by atoms with E-state index in [1.165, 1.54) is 25.7 Å². The maximum absolute atomic E-state index is 8.61. The molecule has 18 heavy (non-hydrogen) atoms. The quantitative estimate of drug-likeness (QED) is 0.687. The molecule has 2 fully saturated rings. The van der Waals surface area contributed by atoms with Gasteiger partial charge in [-0.3, -0.25) is 0 Å². The van der Waals surface area contributed by atoms with Crippen LogP contribution in [0.25, 0.3) is 0 Å². The maximum Gasteiger partial charge on any atom is 0.0629 e. The van der Waals surface area contributed by atoms with Crippen molar-refractivity contribution in [2.45, 2.75) is 51.2 Å². The molecule has 2 bridgehead atoms. The van der Waals surface area contributed by atoms with Crippen molar-refractivity contribution in [3.05, 3.63) is 0 Å². The molecule has 0 heterocycles. The second-order valence-corrected chi connectivity index (χ2v) is 6.02. The Morgan fingerprint density at radius 1 is 1.28 bits per heavy atom. The number of methoxy groups -OCH3 is 1. The number of hydroxylamine groups is 1. The van der Waals surface area contributed by atoms with E-state index in [4.69, 9.17) is 14.7 Å². The lowest BCUT2D eigenvalue weighted by molar-refractivity contribution is -0.0585. The number of nitrogens with one attached hydrogen (secondary N) is 1. The van der Waals surface area contributed by atoms with E-state index in [2.05, 4.69) is 12.4 Å². The largest absolute Gasteiger partial charge is 0.381 e. The molecule has 0 radical (unpaired) electrons. The van der Waals surface area contributed by atoms with Gasteiger partial charge in [-0.05, 0) is 49.9 Å². The van der Waals surface area contributed by atoms with E-state index >= 15 is 0 Å². The summed E-state index contributed by atoms with van der Waals surface area (Å²) >= 11 is 0. The molecule has 2 aliphatic rings. The predicted molar refractivity (Wildman–Crippen MR) is 69.6 cm³/mol. The van der Waals surface area contributed by atoms with Crippen molar-refractivity contribution < 1.29 is 14.7 Å². The molecule has 2 saturated carbocycles. The van der Waals surface area contributed by atoms with Crippen LogP contribution in [0.5, 0.6) is 0 Å². The van der Waals surface area contributed by atoms with Crippen molar-refractivity contribution in [1.82, 2.24) is 5.48 Å². The normalized spacial score (nSPS) is 36.8. The third-order valence-corrected chi connectivity index (χ3v) is 4.64. The molecule has 4 nitrogen and oxygen atoms in total. The Bertz CT molecular complexity index is 235. The number of ether oxygens (including phenoxy) is 2. The van der Waals surface area contributed by atoms with Crippen LogP contribution < -0.4 is 5.48 Å². The van der Waals surface area contributed by atoms with Crippen LogP contribution in [0.1, 0.15) is 39.0 Å². The van der Waals surface area contributed by atoms with Gasteiger partial charge in [0.2, 0.25) is 0 Å². The highest BCUT2D eigenvalue weighted by Crippen LogP contribution is 2.44. The first kappa shape index (κ1) is 14.3. The van der Waals surface area contributed by atoms with Crippen LogP contribution >= 0.6 is 0 Å². The molecule has 0 aromatic carbocycles. The molecule has 4 heteroatoms. The lowest BCUT2D eigenvalue weighted by atomic mass is 9.84. The summed E-state index contributed by atoms with van der Waals surface area (Å²) in [7, 11) is 1.85. The SMILES string of the molecule is COC1C2CCC1CC(OCC[C@@H](C)CNO)C2. The third kappa shape index (κ3) is 3.44. The molecule has 0 amide bonds. The highest BCUT2D eigenvalue weighted by molar-refractivity contribution is 4.93. The van der Waals surface area contributed by atoms with Gasteiger partial charge in [0.05, 0.1) is 12.2 Å². The van der Waals surface area contributed by atoms with E-state index in [9.17, 15) is 0 Å². The van der Waals surface area contributed by atoms with Gasteiger partial charge < -0.3 is 14.7 Å². The van der Waals surface area contributed by atoms with Crippen LogP contribution in [0.4, 0.5) is 0 Å². The fourth-order valence-corrected chi connectivity index (χ4v) is 3.63. The van der Waals surface area contributed by atoms with Crippen LogP contribution in [-0.2, 0) is 9.47 Å². The van der Waals surface area contributed by atoms with Gasteiger partial charge in [-0.1, -0.05) is 6.92 Å². The van der Waals surface area contributed by atoms with Crippen molar-refractivity contribution in [2.24, 2.45) is 17.8 Å². The monoisotopic (exact) mass is 257 g/mol. The van der Waals surface area contributed by atoms with Crippen LogP contribution in [-0.4, -0.2) is 37.7 Å². The number of hydrogen-bond acceptors (Lipinski definition) is 4. The van der Waals surface area contributed by atoms with Gasteiger partial charge in [0.25, 0.3) is 0 Å². The third-order valence-electron chi connectivity index (χ3n) is 4.64. The topological polar surface area (TPSA) is 50.7 Å².